The van der Waals surface area contributed by atoms with Crippen LogP contribution in [0.15, 0.2) is 5.38 Å². The molecule has 2 rings (SSSR count). The molecule has 2 aromatic heterocycles. The first-order valence-electron chi connectivity index (χ1n) is 3.66. The van der Waals surface area contributed by atoms with Crippen LogP contribution in [0.25, 0.3) is 10.2 Å². The third-order valence-electron chi connectivity index (χ3n) is 1.76. The summed E-state index contributed by atoms with van der Waals surface area (Å²) in [5.41, 5.74) is 6.92. The van der Waals surface area contributed by atoms with Crippen LogP contribution in [0.2, 0.25) is 0 Å². The first-order chi connectivity index (χ1) is 5.68. The fourth-order valence-electron chi connectivity index (χ4n) is 1.23. The van der Waals surface area contributed by atoms with Gasteiger partial charge in [0.15, 0.2) is 0 Å². The Bertz CT molecular complexity index is 433. The van der Waals surface area contributed by atoms with Crippen LogP contribution in [0.3, 0.4) is 0 Å². The number of anilines is 1. The first kappa shape index (κ1) is 7.49. The molecule has 12 heavy (non-hydrogen) atoms. The Labute approximate surface area is 74.3 Å². The summed E-state index contributed by atoms with van der Waals surface area (Å²) in [5.74, 6) is 1.33. The van der Waals surface area contributed by atoms with Crippen LogP contribution in [0.4, 0.5) is 5.82 Å². The minimum absolute atomic E-state index is 0.594. The zero-order chi connectivity index (χ0) is 8.72. The van der Waals surface area contributed by atoms with Crippen molar-refractivity contribution in [3.63, 3.8) is 0 Å². The van der Waals surface area contributed by atoms with Crippen molar-refractivity contribution < 1.29 is 0 Å². The van der Waals surface area contributed by atoms with Gasteiger partial charge in [0.25, 0.3) is 0 Å². The van der Waals surface area contributed by atoms with Gasteiger partial charge in [-0.1, -0.05) is 0 Å². The van der Waals surface area contributed by atoms with Crippen molar-refractivity contribution in [2.24, 2.45) is 0 Å². The second-order valence-corrected chi connectivity index (χ2v) is 3.61. The highest BCUT2D eigenvalue weighted by Crippen LogP contribution is 2.27. The standard InChI is InChI=1S/C8H9N3S/c1-4-3-12-8-6(4)7(9)10-5(2)11-8/h3H,1-2H3,(H2,9,10,11). The molecule has 0 bridgehead atoms. The Kier molecular flexibility index (Phi) is 1.51. The van der Waals surface area contributed by atoms with E-state index in [1.54, 1.807) is 11.3 Å². The summed E-state index contributed by atoms with van der Waals surface area (Å²) in [4.78, 5) is 9.38. The number of fused-ring (bicyclic) bond motifs is 1. The summed E-state index contributed by atoms with van der Waals surface area (Å²) < 4.78 is 0. The van der Waals surface area contributed by atoms with Crippen molar-refractivity contribution in [1.29, 1.82) is 0 Å². The number of nitrogens with two attached hydrogens (primary N) is 1. The van der Waals surface area contributed by atoms with E-state index in [2.05, 4.69) is 15.3 Å². The third kappa shape index (κ3) is 0.956. The van der Waals surface area contributed by atoms with E-state index in [0.29, 0.717) is 5.82 Å². The molecule has 0 atom stereocenters. The summed E-state index contributed by atoms with van der Waals surface area (Å²) in [6.07, 6.45) is 0. The Morgan fingerprint density at radius 1 is 1.33 bits per heavy atom. The molecule has 0 saturated carbocycles. The molecule has 0 fully saturated rings. The number of hydrogen-bond donors (Lipinski definition) is 1. The molecular weight excluding hydrogens is 170 g/mol. The number of thiophene rings is 1. The van der Waals surface area contributed by atoms with Gasteiger partial charge in [-0.2, -0.15) is 0 Å². The number of rotatable bonds is 0. The van der Waals surface area contributed by atoms with E-state index in [-0.39, 0.29) is 0 Å². The summed E-state index contributed by atoms with van der Waals surface area (Å²) in [6.45, 7) is 3.87. The molecule has 4 heteroatoms. The Morgan fingerprint density at radius 2 is 2.08 bits per heavy atom. The van der Waals surface area contributed by atoms with Gasteiger partial charge in [-0.3, -0.25) is 0 Å². The summed E-state index contributed by atoms with van der Waals surface area (Å²) in [5, 5.41) is 3.06. The smallest absolute Gasteiger partial charge is 0.136 e. The molecular formula is C8H9N3S. The van der Waals surface area contributed by atoms with Crippen LogP contribution in [-0.2, 0) is 0 Å². The molecule has 2 aromatic rings. The Morgan fingerprint density at radius 3 is 2.83 bits per heavy atom. The molecule has 0 saturated heterocycles. The molecule has 0 radical (unpaired) electrons. The lowest BCUT2D eigenvalue weighted by Crippen LogP contribution is -1.95. The van der Waals surface area contributed by atoms with Crippen LogP contribution in [0.1, 0.15) is 11.4 Å². The van der Waals surface area contributed by atoms with E-state index in [0.717, 1.165) is 21.6 Å². The minimum Gasteiger partial charge on any atom is -0.383 e. The highest BCUT2D eigenvalue weighted by Gasteiger charge is 2.06. The Balaban J connectivity index is 2.93. The third-order valence-corrected chi connectivity index (χ3v) is 2.75. The molecule has 62 valence electrons. The highest BCUT2D eigenvalue weighted by atomic mass is 32.1. The lowest BCUT2D eigenvalue weighted by atomic mass is 10.2. The molecule has 0 aliphatic heterocycles. The number of hydrogen-bond acceptors (Lipinski definition) is 4. The molecule has 3 nitrogen and oxygen atoms in total. The lowest BCUT2D eigenvalue weighted by molar-refractivity contribution is 1.10. The van der Waals surface area contributed by atoms with E-state index in [9.17, 15) is 0 Å². The predicted octanol–water partition coefficient (Wildman–Crippen LogP) is 1.89. The molecule has 0 aromatic carbocycles. The first-order valence-corrected chi connectivity index (χ1v) is 4.54. The Hall–Kier alpha value is -1.16. The fourth-order valence-corrected chi connectivity index (χ4v) is 2.20. The second kappa shape index (κ2) is 2.42. The largest absolute Gasteiger partial charge is 0.383 e. The van der Waals surface area contributed by atoms with Gasteiger partial charge in [0, 0.05) is 0 Å². The maximum atomic E-state index is 5.76. The molecule has 0 aliphatic rings. The number of aromatic nitrogens is 2. The zero-order valence-electron chi connectivity index (χ0n) is 6.96. The molecule has 0 spiro atoms. The zero-order valence-corrected chi connectivity index (χ0v) is 7.77. The molecule has 2 heterocycles. The van der Waals surface area contributed by atoms with Gasteiger partial charge < -0.3 is 5.73 Å². The number of nitrogens with zero attached hydrogens (tertiary/aromatic N) is 2. The second-order valence-electron chi connectivity index (χ2n) is 2.75. The quantitative estimate of drug-likeness (QED) is 0.672. The van der Waals surface area contributed by atoms with Crippen LogP contribution < -0.4 is 5.73 Å². The topological polar surface area (TPSA) is 51.8 Å². The maximum absolute atomic E-state index is 5.76. The fraction of sp³-hybridized carbons (Fsp3) is 0.250. The number of nitrogen functional groups attached to an aromatic ring is 1. The minimum atomic E-state index is 0.594. The van der Waals surface area contributed by atoms with E-state index in [1.807, 2.05) is 13.8 Å². The normalized spacial score (nSPS) is 10.8. The van der Waals surface area contributed by atoms with E-state index < -0.39 is 0 Å². The molecule has 2 N–H and O–H groups in total. The van der Waals surface area contributed by atoms with Crippen LogP contribution in [-0.4, -0.2) is 9.97 Å². The van der Waals surface area contributed by atoms with E-state index in [1.165, 1.54) is 0 Å². The van der Waals surface area contributed by atoms with Crippen molar-refractivity contribution in [2.45, 2.75) is 13.8 Å². The van der Waals surface area contributed by atoms with Crippen LogP contribution in [0.5, 0.6) is 0 Å². The molecule has 0 aliphatic carbocycles. The number of aryl methyl sites for hydroxylation is 2. The van der Waals surface area contributed by atoms with Crippen molar-refractivity contribution in [3.8, 4) is 0 Å². The SMILES string of the molecule is Cc1nc(N)c2c(C)csc2n1. The highest BCUT2D eigenvalue weighted by molar-refractivity contribution is 7.17. The predicted molar refractivity (Wildman–Crippen MR) is 51.3 cm³/mol. The maximum Gasteiger partial charge on any atom is 0.136 e. The average molecular weight is 179 g/mol. The van der Waals surface area contributed by atoms with Gasteiger partial charge in [0.1, 0.15) is 16.5 Å². The summed E-state index contributed by atoms with van der Waals surface area (Å²) >= 11 is 1.61. The van der Waals surface area contributed by atoms with Gasteiger partial charge in [-0.15, -0.1) is 11.3 Å². The monoisotopic (exact) mass is 179 g/mol. The van der Waals surface area contributed by atoms with E-state index >= 15 is 0 Å². The van der Waals surface area contributed by atoms with Gasteiger partial charge in [0.2, 0.25) is 0 Å². The van der Waals surface area contributed by atoms with Gasteiger partial charge in [0.05, 0.1) is 5.39 Å². The van der Waals surface area contributed by atoms with E-state index in [4.69, 9.17) is 5.73 Å². The average Bonchev–Trinajstić information content (AvgIpc) is 2.31. The summed E-state index contributed by atoms with van der Waals surface area (Å²) in [6, 6.07) is 0. The van der Waals surface area contributed by atoms with Crippen molar-refractivity contribution in [2.75, 3.05) is 5.73 Å². The summed E-state index contributed by atoms with van der Waals surface area (Å²) in [7, 11) is 0. The van der Waals surface area contributed by atoms with Gasteiger partial charge in [-0.05, 0) is 24.8 Å². The van der Waals surface area contributed by atoms with Crippen molar-refractivity contribution in [3.05, 3.63) is 16.8 Å². The molecule has 0 unspecified atom stereocenters. The van der Waals surface area contributed by atoms with Crippen molar-refractivity contribution in [1.82, 2.24) is 9.97 Å². The van der Waals surface area contributed by atoms with Gasteiger partial charge in [-0.25, -0.2) is 9.97 Å². The lowest BCUT2D eigenvalue weighted by Gasteiger charge is -1.97. The van der Waals surface area contributed by atoms with Crippen molar-refractivity contribution >= 4 is 27.4 Å². The van der Waals surface area contributed by atoms with Gasteiger partial charge >= 0.3 is 0 Å². The van der Waals surface area contributed by atoms with Crippen LogP contribution >= 0.6 is 11.3 Å². The van der Waals surface area contributed by atoms with Crippen LogP contribution in [0, 0.1) is 13.8 Å². The molecule has 0 amide bonds.